The fraction of sp³-hybridized carbons (Fsp3) is 0.364. The van der Waals surface area contributed by atoms with Gasteiger partial charge in [-0.1, -0.05) is 0 Å². The molecule has 1 aliphatic rings. The van der Waals surface area contributed by atoms with E-state index in [9.17, 15) is 9.18 Å². The molecule has 1 aliphatic carbocycles. The van der Waals surface area contributed by atoms with E-state index in [-0.39, 0.29) is 5.82 Å². The Morgan fingerprint density at radius 1 is 1.53 bits per heavy atom. The van der Waals surface area contributed by atoms with E-state index in [1.165, 1.54) is 6.07 Å². The molecule has 0 aliphatic heterocycles. The van der Waals surface area contributed by atoms with Crippen LogP contribution in [0.4, 0.5) is 4.39 Å². The number of fused-ring (bicyclic) bond motifs is 1. The lowest BCUT2D eigenvalue weighted by Crippen LogP contribution is -2.18. The topological polar surface area (TPSA) is 37.3 Å². The molecule has 80 valence electrons. The van der Waals surface area contributed by atoms with Gasteiger partial charge < -0.3 is 5.11 Å². The maximum atomic E-state index is 13.2. The predicted molar refractivity (Wildman–Crippen MR) is 57.4 cm³/mol. The summed E-state index contributed by atoms with van der Waals surface area (Å²) in [6.45, 7) is 0. The summed E-state index contributed by atoms with van der Waals surface area (Å²) in [7, 11) is 0. The molecule has 0 spiro atoms. The van der Waals surface area contributed by atoms with Crippen LogP contribution in [0.25, 0.3) is 0 Å². The second-order valence-electron chi connectivity index (χ2n) is 3.75. The van der Waals surface area contributed by atoms with E-state index in [0.717, 1.165) is 24.0 Å². The molecule has 4 heteroatoms. The Morgan fingerprint density at radius 2 is 2.27 bits per heavy atom. The van der Waals surface area contributed by atoms with Crippen molar-refractivity contribution in [3.63, 3.8) is 0 Å². The molecule has 0 fully saturated rings. The molecule has 0 radical (unpaired) electrons. The quantitative estimate of drug-likeness (QED) is 0.853. The van der Waals surface area contributed by atoms with Gasteiger partial charge in [-0.05, 0) is 58.5 Å². The normalized spacial score (nSPS) is 19.7. The van der Waals surface area contributed by atoms with Crippen molar-refractivity contribution in [1.29, 1.82) is 0 Å². The van der Waals surface area contributed by atoms with Crippen LogP contribution in [-0.4, -0.2) is 11.1 Å². The molecule has 15 heavy (non-hydrogen) atoms. The van der Waals surface area contributed by atoms with Crippen LogP contribution in [0.2, 0.25) is 0 Å². The fourth-order valence-electron chi connectivity index (χ4n) is 2.05. The SMILES string of the molecule is O=C(O)C1CCCc2cc(F)c(Br)cc21. The standard InChI is InChI=1S/C11H10BrFO2/c12-9-5-8-6(4-10(9)13)2-1-3-7(8)11(14)15/h4-5,7H,1-3H2,(H,14,15). The number of hydrogen-bond acceptors (Lipinski definition) is 1. The average Bonchev–Trinajstić information content (AvgIpc) is 2.18. The van der Waals surface area contributed by atoms with Crippen molar-refractivity contribution in [3.8, 4) is 0 Å². The highest BCUT2D eigenvalue weighted by Gasteiger charge is 2.27. The van der Waals surface area contributed by atoms with Crippen LogP contribution in [-0.2, 0) is 11.2 Å². The molecule has 0 amide bonds. The summed E-state index contributed by atoms with van der Waals surface area (Å²) >= 11 is 3.08. The minimum absolute atomic E-state index is 0.320. The fourth-order valence-corrected chi connectivity index (χ4v) is 2.41. The van der Waals surface area contributed by atoms with Crippen LogP contribution in [0.3, 0.4) is 0 Å². The molecule has 2 rings (SSSR count). The number of rotatable bonds is 1. The molecule has 0 bridgehead atoms. The Balaban J connectivity index is 2.51. The molecule has 0 heterocycles. The highest BCUT2D eigenvalue weighted by atomic mass is 79.9. The van der Waals surface area contributed by atoms with Crippen LogP contribution < -0.4 is 0 Å². The maximum absolute atomic E-state index is 13.2. The molecular weight excluding hydrogens is 263 g/mol. The number of halogens is 2. The molecular formula is C11H10BrFO2. The van der Waals surface area contributed by atoms with Crippen molar-refractivity contribution < 1.29 is 14.3 Å². The number of benzene rings is 1. The predicted octanol–water partition coefficient (Wildman–Crippen LogP) is 3.09. The van der Waals surface area contributed by atoms with Gasteiger partial charge >= 0.3 is 5.97 Å². The number of aryl methyl sites for hydroxylation is 1. The zero-order valence-electron chi connectivity index (χ0n) is 7.96. The molecule has 1 N–H and O–H groups in total. The first-order chi connectivity index (χ1) is 7.09. The van der Waals surface area contributed by atoms with Gasteiger partial charge in [-0.3, -0.25) is 4.79 Å². The van der Waals surface area contributed by atoms with E-state index in [2.05, 4.69) is 15.9 Å². The van der Waals surface area contributed by atoms with E-state index in [1.54, 1.807) is 6.07 Å². The first-order valence-corrected chi connectivity index (χ1v) is 5.59. The van der Waals surface area contributed by atoms with Crippen molar-refractivity contribution in [2.24, 2.45) is 0 Å². The lowest BCUT2D eigenvalue weighted by molar-refractivity contribution is -0.139. The maximum Gasteiger partial charge on any atom is 0.310 e. The van der Waals surface area contributed by atoms with Gasteiger partial charge in [-0.15, -0.1) is 0 Å². The summed E-state index contributed by atoms with van der Waals surface area (Å²) in [6, 6.07) is 3.04. The zero-order valence-corrected chi connectivity index (χ0v) is 9.55. The Kier molecular flexibility index (Phi) is 2.78. The monoisotopic (exact) mass is 272 g/mol. The molecule has 1 aromatic rings. The Bertz CT molecular complexity index is 417. The van der Waals surface area contributed by atoms with Crippen molar-refractivity contribution >= 4 is 21.9 Å². The number of aliphatic carboxylic acids is 1. The van der Waals surface area contributed by atoms with Gasteiger partial charge in [0.25, 0.3) is 0 Å². The van der Waals surface area contributed by atoms with Gasteiger partial charge in [-0.25, -0.2) is 4.39 Å². The Labute approximate surface area is 95.2 Å². The summed E-state index contributed by atoms with van der Waals surface area (Å²) in [6.07, 6.45) is 2.22. The van der Waals surface area contributed by atoms with E-state index in [1.807, 2.05) is 0 Å². The lowest BCUT2D eigenvalue weighted by Gasteiger charge is -2.22. The number of carboxylic acid groups (broad SMARTS) is 1. The molecule has 0 aromatic heterocycles. The van der Waals surface area contributed by atoms with Crippen LogP contribution in [0.5, 0.6) is 0 Å². The minimum atomic E-state index is -0.825. The van der Waals surface area contributed by atoms with Crippen LogP contribution in [0.15, 0.2) is 16.6 Å². The average molecular weight is 273 g/mol. The first-order valence-electron chi connectivity index (χ1n) is 4.80. The number of carbonyl (C=O) groups is 1. The van der Waals surface area contributed by atoms with E-state index in [0.29, 0.717) is 10.9 Å². The summed E-state index contributed by atoms with van der Waals surface area (Å²) in [5, 5.41) is 9.04. The van der Waals surface area contributed by atoms with Gasteiger partial charge in [0.1, 0.15) is 5.82 Å². The third kappa shape index (κ3) is 1.91. The van der Waals surface area contributed by atoms with Crippen molar-refractivity contribution in [2.75, 3.05) is 0 Å². The van der Waals surface area contributed by atoms with Gasteiger partial charge in [0.2, 0.25) is 0 Å². The third-order valence-electron chi connectivity index (χ3n) is 2.79. The van der Waals surface area contributed by atoms with E-state index in [4.69, 9.17) is 5.11 Å². The van der Waals surface area contributed by atoms with Gasteiger partial charge in [0, 0.05) is 0 Å². The minimum Gasteiger partial charge on any atom is -0.481 e. The molecule has 2 nitrogen and oxygen atoms in total. The largest absolute Gasteiger partial charge is 0.481 e. The third-order valence-corrected chi connectivity index (χ3v) is 3.40. The van der Waals surface area contributed by atoms with Crippen molar-refractivity contribution in [3.05, 3.63) is 33.5 Å². The summed E-state index contributed by atoms with van der Waals surface area (Å²) in [5.41, 5.74) is 1.58. The van der Waals surface area contributed by atoms with E-state index >= 15 is 0 Å². The van der Waals surface area contributed by atoms with E-state index < -0.39 is 11.9 Å². The summed E-state index contributed by atoms with van der Waals surface area (Å²) in [4.78, 5) is 11.0. The smallest absolute Gasteiger partial charge is 0.310 e. The first kappa shape index (κ1) is 10.6. The molecule has 1 atom stereocenters. The molecule has 1 aromatic carbocycles. The van der Waals surface area contributed by atoms with Gasteiger partial charge in [0.05, 0.1) is 10.4 Å². The summed E-state index contributed by atoms with van der Waals surface area (Å²) in [5.74, 6) is -1.63. The van der Waals surface area contributed by atoms with Crippen LogP contribution >= 0.6 is 15.9 Å². The lowest BCUT2D eigenvalue weighted by atomic mass is 9.83. The highest BCUT2D eigenvalue weighted by Crippen LogP contribution is 2.34. The number of hydrogen-bond donors (Lipinski definition) is 1. The second kappa shape index (κ2) is 3.93. The van der Waals surface area contributed by atoms with Gasteiger partial charge in [-0.2, -0.15) is 0 Å². The molecule has 0 saturated heterocycles. The van der Waals surface area contributed by atoms with Crippen LogP contribution in [0, 0.1) is 5.82 Å². The van der Waals surface area contributed by atoms with Crippen LogP contribution in [0.1, 0.15) is 29.9 Å². The Hall–Kier alpha value is -0.900. The highest BCUT2D eigenvalue weighted by molar-refractivity contribution is 9.10. The van der Waals surface area contributed by atoms with Crippen molar-refractivity contribution in [1.82, 2.24) is 0 Å². The number of carboxylic acids is 1. The van der Waals surface area contributed by atoms with Gasteiger partial charge in [0.15, 0.2) is 0 Å². The zero-order chi connectivity index (χ0) is 11.0. The van der Waals surface area contributed by atoms with Crippen molar-refractivity contribution in [2.45, 2.75) is 25.2 Å². The Morgan fingerprint density at radius 3 is 2.93 bits per heavy atom. The summed E-state index contributed by atoms with van der Waals surface area (Å²) < 4.78 is 13.6. The molecule has 0 saturated carbocycles. The molecule has 1 unspecified atom stereocenters. The second-order valence-corrected chi connectivity index (χ2v) is 4.60.